The van der Waals surface area contributed by atoms with Gasteiger partial charge in [-0.3, -0.25) is 4.79 Å². The number of carbonyl (C=O) groups is 1. The second kappa shape index (κ2) is 12.8. The highest BCUT2D eigenvalue weighted by atomic mass is 32.2. The van der Waals surface area contributed by atoms with Gasteiger partial charge in [-0.2, -0.15) is 0 Å². The maximum absolute atomic E-state index is 13.0. The number of hydrogen-bond acceptors (Lipinski definition) is 4. The van der Waals surface area contributed by atoms with Crippen LogP contribution in [-0.4, -0.2) is 37.5 Å². The number of halogens is 1. The largest absolute Gasteiger partial charge is 0.489 e. The zero-order valence-corrected chi connectivity index (χ0v) is 21.6. The number of piperidine rings is 1. The number of hydrogen-bond donors (Lipinski definition) is 1. The summed E-state index contributed by atoms with van der Waals surface area (Å²) in [5.74, 6) is 0.0133. The van der Waals surface area contributed by atoms with Crippen molar-refractivity contribution in [1.29, 1.82) is 0 Å². The summed E-state index contributed by atoms with van der Waals surface area (Å²) in [6.07, 6.45) is 2.63. The molecule has 0 spiro atoms. The molecule has 8 heteroatoms. The van der Waals surface area contributed by atoms with Crippen molar-refractivity contribution < 1.29 is 22.3 Å². The molecule has 1 atom stereocenters. The zero-order chi connectivity index (χ0) is 26.1. The zero-order valence-electron chi connectivity index (χ0n) is 20.8. The quantitative estimate of drug-likeness (QED) is 0.395. The molecule has 4 rings (SSSR count). The molecular weight excluding hydrogens is 491 g/mol. The summed E-state index contributed by atoms with van der Waals surface area (Å²) in [6, 6.07) is 23.4. The van der Waals surface area contributed by atoms with Crippen molar-refractivity contribution in [3.63, 3.8) is 0 Å². The second-order valence-corrected chi connectivity index (χ2v) is 11.5. The molecule has 196 valence electrons. The van der Waals surface area contributed by atoms with E-state index in [2.05, 4.69) is 5.32 Å². The monoisotopic (exact) mass is 524 g/mol. The van der Waals surface area contributed by atoms with Gasteiger partial charge in [0.15, 0.2) is 0 Å². The first kappa shape index (κ1) is 26.8. The van der Waals surface area contributed by atoms with Gasteiger partial charge in [-0.25, -0.2) is 17.1 Å². The summed E-state index contributed by atoms with van der Waals surface area (Å²) >= 11 is 0. The van der Waals surface area contributed by atoms with Gasteiger partial charge >= 0.3 is 0 Å². The van der Waals surface area contributed by atoms with Crippen molar-refractivity contribution in [3.05, 3.63) is 101 Å². The normalized spacial score (nSPS) is 16.3. The molecule has 1 aliphatic rings. The molecule has 3 aromatic carbocycles. The molecule has 37 heavy (non-hydrogen) atoms. The Kier molecular flexibility index (Phi) is 9.30. The Labute approximate surface area is 218 Å². The summed E-state index contributed by atoms with van der Waals surface area (Å²) in [5, 5.41) is 2.95. The molecule has 0 bridgehead atoms. The third-order valence-electron chi connectivity index (χ3n) is 6.57. The van der Waals surface area contributed by atoms with E-state index < -0.39 is 10.0 Å². The summed E-state index contributed by atoms with van der Waals surface area (Å²) in [6.45, 7) is 1.40. The molecule has 0 aromatic heterocycles. The number of rotatable bonds is 11. The fraction of sp³-hybridized carbons (Fsp3) is 0.345. The van der Waals surface area contributed by atoms with Crippen LogP contribution in [0.15, 0.2) is 78.9 Å². The third-order valence-corrected chi connectivity index (χ3v) is 8.49. The smallest absolute Gasteiger partial charge is 0.224 e. The fourth-order valence-electron chi connectivity index (χ4n) is 4.43. The van der Waals surface area contributed by atoms with Crippen molar-refractivity contribution in [2.75, 3.05) is 18.8 Å². The van der Waals surface area contributed by atoms with E-state index in [1.807, 2.05) is 54.6 Å². The lowest BCUT2D eigenvalue weighted by Gasteiger charge is -2.31. The number of nitrogens with zero attached hydrogens (tertiary/aromatic N) is 1. The molecule has 3 aromatic rings. The lowest BCUT2D eigenvalue weighted by Crippen LogP contribution is -2.46. The SMILES string of the molecule is O=C(NCc1ccc(OCc2ccc(F)cc2)cc1)[C@H]1CCCN(S(=O)(=O)CCCc2ccccc2)C1. The highest BCUT2D eigenvalue weighted by molar-refractivity contribution is 7.89. The van der Waals surface area contributed by atoms with Crippen LogP contribution in [0.3, 0.4) is 0 Å². The second-order valence-electron chi connectivity index (χ2n) is 9.38. The van der Waals surface area contributed by atoms with Crippen LogP contribution in [0.5, 0.6) is 5.75 Å². The molecule has 0 aliphatic carbocycles. The average Bonchev–Trinajstić information content (AvgIpc) is 2.92. The van der Waals surface area contributed by atoms with Crippen molar-refractivity contribution in [1.82, 2.24) is 9.62 Å². The molecule has 0 radical (unpaired) electrons. The number of ether oxygens (including phenoxy) is 1. The van der Waals surface area contributed by atoms with Gasteiger partial charge in [-0.05, 0) is 66.6 Å². The molecule has 1 N–H and O–H groups in total. The Hall–Kier alpha value is -3.23. The summed E-state index contributed by atoms with van der Waals surface area (Å²) in [5.41, 5.74) is 2.92. The standard InChI is InChI=1S/C29H33FN2O4S/c30-27-14-10-25(11-15-27)22-36-28-16-12-24(13-17-28)20-31-29(33)26-9-4-18-32(21-26)37(34,35)19-5-8-23-6-2-1-3-7-23/h1-3,6-7,10-17,26H,4-5,8-9,18-22H2,(H,31,33)/t26-/m0/s1. The van der Waals surface area contributed by atoms with Crippen LogP contribution < -0.4 is 10.1 Å². The van der Waals surface area contributed by atoms with Gasteiger partial charge in [0.2, 0.25) is 15.9 Å². The summed E-state index contributed by atoms with van der Waals surface area (Å²) < 4.78 is 46.0. The van der Waals surface area contributed by atoms with E-state index in [9.17, 15) is 17.6 Å². The molecule has 1 aliphatic heterocycles. The predicted octanol–water partition coefficient (Wildman–Crippen LogP) is 4.70. The minimum absolute atomic E-state index is 0.0891. The van der Waals surface area contributed by atoms with Gasteiger partial charge in [0, 0.05) is 19.6 Å². The molecule has 1 amide bonds. The van der Waals surface area contributed by atoms with E-state index in [0.29, 0.717) is 51.1 Å². The average molecular weight is 525 g/mol. The van der Waals surface area contributed by atoms with Gasteiger partial charge in [0.1, 0.15) is 18.2 Å². The van der Waals surface area contributed by atoms with Crippen LogP contribution in [0.4, 0.5) is 4.39 Å². The topological polar surface area (TPSA) is 75.7 Å². The van der Waals surface area contributed by atoms with Crippen LogP contribution >= 0.6 is 0 Å². The molecule has 6 nitrogen and oxygen atoms in total. The molecule has 1 fully saturated rings. The summed E-state index contributed by atoms with van der Waals surface area (Å²) in [4.78, 5) is 12.8. The Balaban J connectivity index is 1.21. The van der Waals surface area contributed by atoms with E-state index in [0.717, 1.165) is 16.7 Å². The van der Waals surface area contributed by atoms with E-state index in [1.165, 1.54) is 16.4 Å². The van der Waals surface area contributed by atoms with Crippen molar-refractivity contribution in [2.24, 2.45) is 5.92 Å². The minimum Gasteiger partial charge on any atom is -0.489 e. The van der Waals surface area contributed by atoms with Gasteiger partial charge in [-0.1, -0.05) is 54.6 Å². The maximum Gasteiger partial charge on any atom is 0.224 e. The van der Waals surface area contributed by atoms with Crippen LogP contribution in [0.25, 0.3) is 0 Å². The third kappa shape index (κ3) is 8.13. The van der Waals surface area contributed by atoms with E-state index in [4.69, 9.17) is 4.74 Å². The first-order chi connectivity index (χ1) is 17.9. The number of sulfonamides is 1. The van der Waals surface area contributed by atoms with E-state index >= 15 is 0 Å². The first-order valence-corrected chi connectivity index (χ1v) is 14.3. The van der Waals surface area contributed by atoms with Gasteiger partial charge in [-0.15, -0.1) is 0 Å². The molecule has 0 unspecified atom stereocenters. The number of nitrogens with one attached hydrogen (secondary N) is 1. The highest BCUT2D eigenvalue weighted by Crippen LogP contribution is 2.21. The Morgan fingerprint density at radius 3 is 2.38 bits per heavy atom. The molecule has 1 saturated heterocycles. The van der Waals surface area contributed by atoms with Crippen molar-refractivity contribution in [2.45, 2.75) is 38.8 Å². The number of carbonyl (C=O) groups excluding carboxylic acids is 1. The molecule has 1 heterocycles. The molecule has 0 saturated carbocycles. The van der Waals surface area contributed by atoms with E-state index in [1.54, 1.807) is 12.1 Å². The first-order valence-electron chi connectivity index (χ1n) is 12.6. The Morgan fingerprint density at radius 1 is 0.946 bits per heavy atom. The fourth-order valence-corrected chi connectivity index (χ4v) is 6.01. The highest BCUT2D eigenvalue weighted by Gasteiger charge is 2.31. The van der Waals surface area contributed by atoms with Gasteiger partial charge in [0.05, 0.1) is 11.7 Å². The van der Waals surface area contributed by atoms with Crippen LogP contribution in [0.1, 0.15) is 36.0 Å². The number of aryl methyl sites for hydroxylation is 1. The minimum atomic E-state index is -3.40. The van der Waals surface area contributed by atoms with E-state index in [-0.39, 0.29) is 29.9 Å². The van der Waals surface area contributed by atoms with Crippen LogP contribution in [0, 0.1) is 11.7 Å². The number of amides is 1. The number of benzene rings is 3. The summed E-state index contributed by atoms with van der Waals surface area (Å²) in [7, 11) is -3.40. The Bertz CT molecular complexity index is 1250. The lowest BCUT2D eigenvalue weighted by atomic mass is 9.99. The molecular formula is C29H33FN2O4S. The van der Waals surface area contributed by atoms with Gasteiger partial charge in [0.25, 0.3) is 0 Å². The lowest BCUT2D eigenvalue weighted by molar-refractivity contribution is -0.126. The maximum atomic E-state index is 13.0. The Morgan fingerprint density at radius 2 is 1.65 bits per heavy atom. The van der Waals surface area contributed by atoms with Crippen LogP contribution in [-0.2, 0) is 34.4 Å². The van der Waals surface area contributed by atoms with Crippen LogP contribution in [0.2, 0.25) is 0 Å². The van der Waals surface area contributed by atoms with Crippen molar-refractivity contribution >= 4 is 15.9 Å². The van der Waals surface area contributed by atoms with Crippen molar-refractivity contribution in [3.8, 4) is 5.75 Å². The predicted molar refractivity (Wildman–Crippen MR) is 142 cm³/mol. The van der Waals surface area contributed by atoms with Gasteiger partial charge < -0.3 is 10.1 Å².